The average Bonchev–Trinajstić information content (AvgIpc) is 3.16. The summed E-state index contributed by atoms with van der Waals surface area (Å²) in [6.45, 7) is 0. The lowest BCUT2D eigenvalue weighted by Crippen LogP contribution is -2.22. The molecular weight excluding hydrogens is 393 g/mol. The minimum absolute atomic E-state index is 0.0713. The van der Waals surface area contributed by atoms with Crippen LogP contribution in [0, 0.1) is 5.82 Å². The number of carbonyl (C=O) groups is 1. The minimum Gasteiger partial charge on any atom is -0.493 e. The van der Waals surface area contributed by atoms with Crippen molar-refractivity contribution in [3.63, 3.8) is 0 Å². The summed E-state index contributed by atoms with van der Waals surface area (Å²) in [6, 6.07) is 10.0. The summed E-state index contributed by atoms with van der Waals surface area (Å²) in [5, 5.41) is 4.99. The van der Waals surface area contributed by atoms with E-state index in [1.54, 1.807) is 44.8 Å². The van der Waals surface area contributed by atoms with Crippen LogP contribution in [0.25, 0.3) is 11.1 Å². The highest BCUT2D eigenvalue weighted by Gasteiger charge is 2.31. The lowest BCUT2D eigenvalue weighted by atomic mass is 9.88. The van der Waals surface area contributed by atoms with Gasteiger partial charge in [0.15, 0.2) is 11.5 Å². The zero-order chi connectivity index (χ0) is 20.5. The number of hydrogen-bond acceptors (Lipinski definition) is 5. The van der Waals surface area contributed by atoms with Crippen LogP contribution in [0.2, 0.25) is 0 Å². The van der Waals surface area contributed by atoms with E-state index in [2.05, 4.69) is 5.32 Å². The monoisotopic (exact) mass is 413 g/mol. The first-order valence-corrected chi connectivity index (χ1v) is 9.90. The SMILES string of the molecule is COc1cc([C@@H]2CC(=O)Nc3c(-c4ccc(F)cc4)csc32)cc(OC)c1OC. The molecule has 1 aliphatic heterocycles. The third-order valence-electron chi connectivity index (χ3n) is 5.03. The summed E-state index contributed by atoms with van der Waals surface area (Å²) in [5.41, 5.74) is 3.42. The molecule has 1 N–H and O–H groups in total. The van der Waals surface area contributed by atoms with Gasteiger partial charge in [-0.2, -0.15) is 0 Å². The van der Waals surface area contributed by atoms with Gasteiger partial charge in [-0.05, 0) is 35.4 Å². The zero-order valence-electron chi connectivity index (χ0n) is 16.2. The lowest BCUT2D eigenvalue weighted by molar-refractivity contribution is -0.116. The van der Waals surface area contributed by atoms with Crippen LogP contribution in [-0.4, -0.2) is 27.2 Å². The van der Waals surface area contributed by atoms with Crippen LogP contribution in [-0.2, 0) is 4.79 Å². The van der Waals surface area contributed by atoms with Gasteiger partial charge in [0.2, 0.25) is 11.7 Å². The first-order chi connectivity index (χ1) is 14.0. The number of carbonyl (C=O) groups excluding carboxylic acids is 1. The molecule has 4 rings (SSSR count). The van der Waals surface area contributed by atoms with Crippen molar-refractivity contribution in [2.45, 2.75) is 12.3 Å². The van der Waals surface area contributed by atoms with E-state index in [0.29, 0.717) is 23.7 Å². The molecule has 0 spiro atoms. The van der Waals surface area contributed by atoms with Crippen molar-refractivity contribution in [3.8, 4) is 28.4 Å². The Morgan fingerprint density at radius 2 is 1.69 bits per heavy atom. The van der Waals surface area contributed by atoms with Gasteiger partial charge in [-0.3, -0.25) is 4.79 Å². The van der Waals surface area contributed by atoms with E-state index in [9.17, 15) is 9.18 Å². The Hall–Kier alpha value is -3.06. The van der Waals surface area contributed by atoms with Crippen molar-refractivity contribution in [3.05, 3.63) is 58.0 Å². The van der Waals surface area contributed by atoms with Crippen LogP contribution < -0.4 is 19.5 Å². The highest BCUT2D eigenvalue weighted by atomic mass is 32.1. The molecule has 1 aromatic heterocycles. The molecule has 5 nitrogen and oxygen atoms in total. The van der Waals surface area contributed by atoms with E-state index < -0.39 is 0 Å². The summed E-state index contributed by atoms with van der Waals surface area (Å²) >= 11 is 1.57. The number of rotatable bonds is 5. The molecule has 7 heteroatoms. The summed E-state index contributed by atoms with van der Waals surface area (Å²) in [4.78, 5) is 13.6. The Morgan fingerprint density at radius 1 is 1.03 bits per heavy atom. The van der Waals surface area contributed by atoms with Gasteiger partial charge in [-0.25, -0.2) is 4.39 Å². The summed E-state index contributed by atoms with van der Waals surface area (Å²) in [6.07, 6.45) is 0.314. The summed E-state index contributed by atoms with van der Waals surface area (Å²) < 4.78 is 29.7. The van der Waals surface area contributed by atoms with Crippen molar-refractivity contribution >= 4 is 22.9 Å². The summed E-state index contributed by atoms with van der Waals surface area (Å²) in [7, 11) is 4.69. The number of anilines is 1. The van der Waals surface area contributed by atoms with E-state index in [4.69, 9.17) is 14.2 Å². The number of halogens is 1. The second kappa shape index (κ2) is 7.75. The zero-order valence-corrected chi connectivity index (χ0v) is 17.1. The van der Waals surface area contributed by atoms with Crippen molar-refractivity contribution in [1.29, 1.82) is 0 Å². The number of thiophene rings is 1. The lowest BCUT2D eigenvalue weighted by Gasteiger charge is -2.25. The molecular formula is C22H20FNO4S. The molecule has 1 atom stereocenters. The van der Waals surface area contributed by atoms with Crippen LogP contribution >= 0.6 is 11.3 Å². The standard InChI is InChI=1S/C22H20FNO4S/c1-26-17-8-13(9-18(27-2)21(17)28-3)15-10-19(25)24-20-16(11-29-22(15)20)12-4-6-14(23)7-5-12/h4-9,11,15H,10H2,1-3H3,(H,24,25)/t15-/m0/s1. The molecule has 2 heterocycles. The molecule has 1 amide bonds. The fraction of sp³-hybridized carbons (Fsp3) is 0.227. The third-order valence-corrected chi connectivity index (χ3v) is 6.13. The quantitative estimate of drug-likeness (QED) is 0.636. The number of amides is 1. The van der Waals surface area contributed by atoms with Gasteiger partial charge in [0, 0.05) is 28.2 Å². The first-order valence-electron chi connectivity index (χ1n) is 9.02. The molecule has 3 aromatic rings. The second-order valence-corrected chi connectivity index (χ2v) is 7.57. The molecule has 0 saturated carbocycles. The van der Waals surface area contributed by atoms with Gasteiger partial charge in [-0.1, -0.05) is 12.1 Å². The molecule has 1 aliphatic rings. The number of nitrogens with one attached hydrogen (secondary N) is 1. The topological polar surface area (TPSA) is 56.8 Å². The van der Waals surface area contributed by atoms with Crippen LogP contribution in [0.1, 0.15) is 22.8 Å². The smallest absolute Gasteiger partial charge is 0.225 e. The van der Waals surface area contributed by atoms with Crippen molar-refractivity contribution in [2.75, 3.05) is 26.6 Å². The third kappa shape index (κ3) is 3.42. The van der Waals surface area contributed by atoms with Crippen LogP contribution in [0.15, 0.2) is 41.8 Å². The van der Waals surface area contributed by atoms with E-state index in [0.717, 1.165) is 27.3 Å². The van der Waals surface area contributed by atoms with Crippen molar-refractivity contribution < 1.29 is 23.4 Å². The molecule has 0 saturated heterocycles. The first kappa shape index (κ1) is 19.3. The van der Waals surface area contributed by atoms with Crippen LogP contribution in [0.3, 0.4) is 0 Å². The normalized spacial score (nSPS) is 15.4. The highest BCUT2D eigenvalue weighted by Crippen LogP contribution is 2.49. The van der Waals surface area contributed by atoms with E-state index >= 15 is 0 Å². The average molecular weight is 413 g/mol. The fourth-order valence-electron chi connectivity index (χ4n) is 3.64. The maximum atomic E-state index is 13.3. The van der Waals surface area contributed by atoms with Crippen LogP contribution in [0.5, 0.6) is 17.2 Å². The van der Waals surface area contributed by atoms with Gasteiger partial charge < -0.3 is 19.5 Å². The number of hydrogen-bond donors (Lipinski definition) is 1. The van der Waals surface area contributed by atoms with Gasteiger partial charge in [0.25, 0.3) is 0 Å². The molecule has 0 aliphatic carbocycles. The van der Waals surface area contributed by atoms with Crippen molar-refractivity contribution in [1.82, 2.24) is 0 Å². The second-order valence-electron chi connectivity index (χ2n) is 6.66. The van der Waals surface area contributed by atoms with E-state index in [1.165, 1.54) is 12.1 Å². The van der Waals surface area contributed by atoms with E-state index in [1.807, 2.05) is 17.5 Å². The van der Waals surface area contributed by atoms with Gasteiger partial charge >= 0.3 is 0 Å². The molecule has 0 unspecified atom stereocenters. The Bertz CT molecular complexity index is 1040. The number of methoxy groups -OCH3 is 3. The molecule has 150 valence electrons. The number of ether oxygens (including phenoxy) is 3. The Labute approximate surface area is 172 Å². The molecule has 2 aromatic carbocycles. The molecule has 0 radical (unpaired) electrons. The fourth-order valence-corrected chi connectivity index (χ4v) is 4.80. The Balaban J connectivity index is 1.82. The van der Waals surface area contributed by atoms with Gasteiger partial charge in [0.05, 0.1) is 27.0 Å². The van der Waals surface area contributed by atoms with Gasteiger partial charge in [-0.15, -0.1) is 11.3 Å². The van der Waals surface area contributed by atoms with Crippen molar-refractivity contribution in [2.24, 2.45) is 0 Å². The largest absolute Gasteiger partial charge is 0.493 e. The Morgan fingerprint density at radius 3 is 2.28 bits per heavy atom. The molecule has 29 heavy (non-hydrogen) atoms. The molecule has 0 bridgehead atoms. The number of benzene rings is 2. The van der Waals surface area contributed by atoms with E-state index in [-0.39, 0.29) is 17.6 Å². The summed E-state index contributed by atoms with van der Waals surface area (Å²) in [5.74, 6) is 1.09. The maximum absolute atomic E-state index is 13.3. The predicted molar refractivity (Wildman–Crippen MR) is 111 cm³/mol. The predicted octanol–water partition coefficient (Wildman–Crippen LogP) is 5.05. The molecule has 0 fully saturated rings. The Kier molecular flexibility index (Phi) is 5.15. The van der Waals surface area contributed by atoms with Crippen LogP contribution in [0.4, 0.5) is 10.1 Å². The minimum atomic E-state index is -0.294. The number of fused-ring (bicyclic) bond motifs is 1. The maximum Gasteiger partial charge on any atom is 0.225 e. The van der Waals surface area contributed by atoms with Gasteiger partial charge in [0.1, 0.15) is 5.82 Å². The highest BCUT2D eigenvalue weighted by molar-refractivity contribution is 7.11.